The van der Waals surface area contributed by atoms with Gasteiger partial charge in [-0.2, -0.15) is 0 Å². The molecule has 0 aliphatic rings. The number of non-ortho nitro benzene ring substituents is 1. The van der Waals surface area contributed by atoms with Gasteiger partial charge in [-0.3, -0.25) is 14.3 Å². The van der Waals surface area contributed by atoms with Crippen LogP contribution in [0.25, 0.3) is 0 Å². The molecule has 0 heterocycles. The van der Waals surface area contributed by atoms with E-state index in [1.54, 1.807) is 12.1 Å². The first-order valence-corrected chi connectivity index (χ1v) is 6.10. The number of rotatable bonds is 5. The number of hydrogen-bond donors (Lipinski definition) is 0. The number of nitro groups is 1. The van der Waals surface area contributed by atoms with Crippen LogP contribution in [-0.2, 0) is 10.8 Å². The lowest BCUT2D eigenvalue weighted by Gasteiger charge is -2.00. The molecule has 1 aromatic rings. The molecule has 0 aliphatic heterocycles. The molecule has 4 nitrogen and oxygen atoms in total. The van der Waals surface area contributed by atoms with Crippen molar-refractivity contribution in [3.8, 4) is 0 Å². The monoisotopic (exact) mass is 227 g/mol. The average molecular weight is 227 g/mol. The van der Waals surface area contributed by atoms with E-state index in [1.165, 1.54) is 12.1 Å². The van der Waals surface area contributed by atoms with Crippen LogP contribution in [0.4, 0.5) is 5.69 Å². The third-order valence-corrected chi connectivity index (χ3v) is 3.45. The maximum absolute atomic E-state index is 11.6. The summed E-state index contributed by atoms with van der Waals surface area (Å²) in [6.07, 6.45) is 1.91. The lowest BCUT2D eigenvalue weighted by Crippen LogP contribution is -1.97. The minimum absolute atomic E-state index is 0.0336. The van der Waals surface area contributed by atoms with E-state index in [-0.39, 0.29) is 5.69 Å². The molecule has 5 heteroatoms. The SMILES string of the molecule is CCCC[S@@](=O)c1ccc([N+](=O)[O-])cc1. The number of unbranched alkanes of at least 4 members (excludes halogenated alkanes) is 1. The second-order valence-corrected chi connectivity index (χ2v) is 4.72. The van der Waals surface area contributed by atoms with Crippen LogP contribution in [0.2, 0.25) is 0 Å². The number of benzene rings is 1. The standard InChI is InChI=1S/C10H13NO3S/c1-2-3-8-15(14)10-6-4-9(5-7-10)11(12)13/h4-7H,2-3,8H2,1H3/t15-/m1/s1. The Morgan fingerprint density at radius 3 is 2.40 bits per heavy atom. The highest BCUT2D eigenvalue weighted by molar-refractivity contribution is 7.85. The van der Waals surface area contributed by atoms with Crippen molar-refractivity contribution in [3.05, 3.63) is 34.4 Å². The number of nitrogens with zero attached hydrogens (tertiary/aromatic N) is 1. The molecule has 0 amide bonds. The van der Waals surface area contributed by atoms with Crippen LogP contribution < -0.4 is 0 Å². The van der Waals surface area contributed by atoms with Crippen molar-refractivity contribution in [2.24, 2.45) is 0 Å². The Morgan fingerprint density at radius 1 is 1.33 bits per heavy atom. The molecule has 0 spiro atoms. The first-order chi connectivity index (χ1) is 7.15. The minimum Gasteiger partial charge on any atom is -0.258 e. The zero-order chi connectivity index (χ0) is 11.3. The van der Waals surface area contributed by atoms with Crippen molar-refractivity contribution >= 4 is 16.5 Å². The lowest BCUT2D eigenvalue weighted by molar-refractivity contribution is -0.384. The van der Waals surface area contributed by atoms with Crippen molar-refractivity contribution in [3.63, 3.8) is 0 Å². The van der Waals surface area contributed by atoms with Crippen molar-refractivity contribution < 1.29 is 9.13 Å². The van der Waals surface area contributed by atoms with E-state index < -0.39 is 15.7 Å². The summed E-state index contributed by atoms with van der Waals surface area (Å²) in [5.41, 5.74) is 0.0336. The van der Waals surface area contributed by atoms with Crippen LogP contribution in [0.1, 0.15) is 19.8 Å². The van der Waals surface area contributed by atoms with Crippen LogP contribution in [-0.4, -0.2) is 14.9 Å². The molecule has 1 atom stereocenters. The Kier molecular flexibility index (Phi) is 4.42. The fraction of sp³-hybridized carbons (Fsp3) is 0.400. The largest absolute Gasteiger partial charge is 0.269 e. The minimum atomic E-state index is -1.03. The normalized spacial score (nSPS) is 12.3. The van der Waals surface area contributed by atoms with Gasteiger partial charge in [0, 0.05) is 22.8 Å². The van der Waals surface area contributed by atoms with Crippen LogP contribution in [0, 0.1) is 10.1 Å². The third kappa shape index (κ3) is 3.43. The Morgan fingerprint density at radius 2 is 1.93 bits per heavy atom. The highest BCUT2D eigenvalue weighted by Crippen LogP contribution is 2.15. The summed E-state index contributed by atoms with van der Waals surface area (Å²) >= 11 is 0. The first-order valence-electron chi connectivity index (χ1n) is 4.78. The van der Waals surface area contributed by atoms with Crippen LogP contribution in [0.5, 0.6) is 0 Å². The Hall–Kier alpha value is -1.23. The molecule has 0 N–H and O–H groups in total. The van der Waals surface area contributed by atoms with Gasteiger partial charge in [0.2, 0.25) is 0 Å². The average Bonchev–Trinajstić information content (AvgIpc) is 2.26. The van der Waals surface area contributed by atoms with Crippen LogP contribution in [0.15, 0.2) is 29.2 Å². The maximum Gasteiger partial charge on any atom is 0.269 e. The molecule has 0 saturated heterocycles. The Labute approximate surface area is 90.9 Å². The van der Waals surface area contributed by atoms with Gasteiger partial charge in [0.15, 0.2) is 0 Å². The molecular formula is C10H13NO3S. The van der Waals surface area contributed by atoms with E-state index in [0.29, 0.717) is 10.6 Å². The molecular weight excluding hydrogens is 214 g/mol. The van der Waals surface area contributed by atoms with Gasteiger partial charge >= 0.3 is 0 Å². The van der Waals surface area contributed by atoms with Gasteiger partial charge in [-0.05, 0) is 18.6 Å². The summed E-state index contributed by atoms with van der Waals surface area (Å²) in [4.78, 5) is 10.6. The molecule has 0 aliphatic carbocycles. The summed E-state index contributed by atoms with van der Waals surface area (Å²) in [6, 6.07) is 5.90. The van der Waals surface area contributed by atoms with E-state index in [0.717, 1.165) is 12.8 Å². The van der Waals surface area contributed by atoms with Gasteiger partial charge in [0.1, 0.15) is 0 Å². The van der Waals surface area contributed by atoms with Crippen LogP contribution in [0.3, 0.4) is 0 Å². The molecule has 0 radical (unpaired) electrons. The highest BCUT2D eigenvalue weighted by atomic mass is 32.2. The summed E-state index contributed by atoms with van der Waals surface area (Å²) in [5.74, 6) is 0.619. The first kappa shape index (κ1) is 11.8. The Bertz CT molecular complexity index is 361. The third-order valence-electron chi connectivity index (χ3n) is 1.99. The quantitative estimate of drug-likeness (QED) is 0.573. The lowest BCUT2D eigenvalue weighted by atomic mass is 10.3. The zero-order valence-electron chi connectivity index (χ0n) is 8.51. The fourth-order valence-electron chi connectivity index (χ4n) is 1.11. The molecule has 0 aromatic heterocycles. The van der Waals surface area contributed by atoms with Gasteiger partial charge in [-0.1, -0.05) is 13.3 Å². The molecule has 82 valence electrons. The molecule has 15 heavy (non-hydrogen) atoms. The van der Waals surface area contributed by atoms with Crippen molar-refractivity contribution in [2.45, 2.75) is 24.7 Å². The van der Waals surface area contributed by atoms with Crippen molar-refractivity contribution in [2.75, 3.05) is 5.75 Å². The molecule has 0 unspecified atom stereocenters. The van der Waals surface area contributed by atoms with Gasteiger partial charge < -0.3 is 0 Å². The highest BCUT2D eigenvalue weighted by Gasteiger charge is 2.07. The van der Waals surface area contributed by atoms with Crippen molar-refractivity contribution in [1.29, 1.82) is 0 Å². The number of nitro benzene ring substituents is 1. The second kappa shape index (κ2) is 5.60. The smallest absolute Gasteiger partial charge is 0.258 e. The van der Waals surface area contributed by atoms with E-state index >= 15 is 0 Å². The molecule has 1 aromatic carbocycles. The summed E-state index contributed by atoms with van der Waals surface area (Å²) in [7, 11) is -1.03. The fourth-order valence-corrected chi connectivity index (χ4v) is 2.34. The molecule has 1 rings (SSSR count). The van der Waals surface area contributed by atoms with Gasteiger partial charge in [-0.15, -0.1) is 0 Å². The maximum atomic E-state index is 11.6. The summed E-state index contributed by atoms with van der Waals surface area (Å²) in [5, 5.41) is 10.4. The molecule has 0 fully saturated rings. The van der Waals surface area contributed by atoms with E-state index in [1.807, 2.05) is 6.92 Å². The van der Waals surface area contributed by atoms with Gasteiger partial charge in [-0.25, -0.2) is 0 Å². The summed E-state index contributed by atoms with van der Waals surface area (Å²) < 4.78 is 11.6. The van der Waals surface area contributed by atoms with Crippen LogP contribution >= 0.6 is 0 Å². The zero-order valence-corrected chi connectivity index (χ0v) is 9.33. The van der Waals surface area contributed by atoms with E-state index in [4.69, 9.17) is 0 Å². The Balaban J connectivity index is 2.71. The van der Waals surface area contributed by atoms with Gasteiger partial charge in [0.05, 0.1) is 15.7 Å². The number of hydrogen-bond acceptors (Lipinski definition) is 3. The second-order valence-electron chi connectivity index (χ2n) is 3.15. The molecule has 0 bridgehead atoms. The van der Waals surface area contributed by atoms with Crippen molar-refractivity contribution in [1.82, 2.24) is 0 Å². The van der Waals surface area contributed by atoms with Gasteiger partial charge in [0.25, 0.3) is 5.69 Å². The topological polar surface area (TPSA) is 60.2 Å². The predicted molar refractivity (Wildman–Crippen MR) is 59.3 cm³/mol. The van der Waals surface area contributed by atoms with E-state index in [9.17, 15) is 14.3 Å². The summed E-state index contributed by atoms with van der Waals surface area (Å²) in [6.45, 7) is 2.03. The van der Waals surface area contributed by atoms with E-state index in [2.05, 4.69) is 0 Å². The predicted octanol–water partition coefficient (Wildman–Crippen LogP) is 2.50. The molecule has 0 saturated carbocycles.